The highest BCUT2D eigenvalue weighted by atomic mass is 19.4. The van der Waals surface area contributed by atoms with Crippen molar-refractivity contribution in [3.05, 3.63) is 35.6 Å². The lowest BCUT2D eigenvalue weighted by atomic mass is 9.96. The number of halogens is 4. The smallest absolute Gasteiger partial charge is 0.388 e. The van der Waals surface area contributed by atoms with Crippen LogP contribution in [0.2, 0.25) is 0 Å². The SMILES string of the molecule is OC(CCN1CCC(C(F)(F)F)CC1)c1ccc(F)cc1. The molecule has 0 bridgehead atoms. The Labute approximate surface area is 121 Å². The molecule has 21 heavy (non-hydrogen) atoms. The van der Waals surface area contributed by atoms with Crippen molar-refractivity contribution < 1.29 is 22.7 Å². The molecule has 1 saturated heterocycles. The summed E-state index contributed by atoms with van der Waals surface area (Å²) in [5, 5.41) is 9.99. The van der Waals surface area contributed by atoms with Crippen LogP contribution in [0, 0.1) is 11.7 Å². The van der Waals surface area contributed by atoms with E-state index in [-0.39, 0.29) is 18.7 Å². The van der Waals surface area contributed by atoms with Crippen molar-refractivity contribution in [2.45, 2.75) is 31.5 Å². The molecular formula is C15H19F4NO. The maximum Gasteiger partial charge on any atom is 0.391 e. The van der Waals surface area contributed by atoms with Crippen LogP contribution >= 0.6 is 0 Å². The maximum atomic E-state index is 12.8. The van der Waals surface area contributed by atoms with Gasteiger partial charge < -0.3 is 10.0 Å². The number of alkyl halides is 3. The average Bonchev–Trinajstić information content (AvgIpc) is 2.45. The Morgan fingerprint density at radius 1 is 1.14 bits per heavy atom. The molecule has 1 aromatic carbocycles. The van der Waals surface area contributed by atoms with Gasteiger partial charge in [0.05, 0.1) is 12.0 Å². The maximum absolute atomic E-state index is 12.8. The van der Waals surface area contributed by atoms with Crippen LogP contribution in [0.1, 0.15) is 30.9 Å². The van der Waals surface area contributed by atoms with Crippen molar-refractivity contribution in [3.63, 3.8) is 0 Å². The van der Waals surface area contributed by atoms with Crippen molar-refractivity contribution in [1.82, 2.24) is 4.90 Å². The van der Waals surface area contributed by atoms with Gasteiger partial charge in [0.1, 0.15) is 5.82 Å². The fourth-order valence-corrected chi connectivity index (χ4v) is 2.64. The third-order valence-electron chi connectivity index (χ3n) is 4.02. The molecule has 118 valence electrons. The second-order valence-electron chi connectivity index (χ2n) is 5.51. The molecule has 0 aliphatic carbocycles. The van der Waals surface area contributed by atoms with Crippen molar-refractivity contribution in [1.29, 1.82) is 0 Å². The van der Waals surface area contributed by atoms with Crippen LogP contribution in [0.3, 0.4) is 0 Å². The number of hydrogen-bond acceptors (Lipinski definition) is 2. The first kappa shape index (κ1) is 16.2. The van der Waals surface area contributed by atoms with Gasteiger partial charge in [0.15, 0.2) is 0 Å². The standard InChI is InChI=1S/C15H19F4NO/c16-13-3-1-11(2-4-13)14(21)7-10-20-8-5-12(6-9-20)15(17,18)19/h1-4,12,14,21H,5-10H2. The first-order chi connectivity index (χ1) is 9.86. The third-order valence-corrected chi connectivity index (χ3v) is 4.02. The summed E-state index contributed by atoms with van der Waals surface area (Å²) in [6.07, 6.45) is -4.14. The van der Waals surface area contributed by atoms with E-state index in [9.17, 15) is 22.7 Å². The molecule has 0 saturated carbocycles. The van der Waals surface area contributed by atoms with Crippen LogP contribution in [-0.4, -0.2) is 35.8 Å². The zero-order valence-corrected chi connectivity index (χ0v) is 11.6. The molecule has 1 aromatic rings. The molecule has 1 N–H and O–H groups in total. The first-order valence-corrected chi connectivity index (χ1v) is 7.09. The number of nitrogens with zero attached hydrogens (tertiary/aromatic N) is 1. The fraction of sp³-hybridized carbons (Fsp3) is 0.600. The summed E-state index contributed by atoms with van der Waals surface area (Å²) >= 11 is 0. The lowest BCUT2D eigenvalue weighted by Crippen LogP contribution is -2.39. The number of rotatable bonds is 4. The minimum absolute atomic E-state index is 0.121. The lowest BCUT2D eigenvalue weighted by Gasteiger charge is -2.33. The Kier molecular flexibility index (Phi) is 5.22. The van der Waals surface area contributed by atoms with E-state index in [0.29, 0.717) is 31.6 Å². The van der Waals surface area contributed by atoms with Crippen LogP contribution in [0.4, 0.5) is 17.6 Å². The number of aliphatic hydroxyl groups is 1. The Bertz CT molecular complexity index is 438. The molecule has 1 atom stereocenters. The molecule has 0 amide bonds. The van der Waals surface area contributed by atoms with Crippen molar-refractivity contribution >= 4 is 0 Å². The molecule has 0 aromatic heterocycles. The number of aliphatic hydroxyl groups excluding tert-OH is 1. The van der Waals surface area contributed by atoms with E-state index < -0.39 is 18.2 Å². The van der Waals surface area contributed by atoms with E-state index in [4.69, 9.17) is 0 Å². The predicted octanol–water partition coefficient (Wildman–Crippen LogP) is 3.52. The summed E-state index contributed by atoms with van der Waals surface area (Å²) in [6.45, 7) is 1.35. The van der Waals surface area contributed by atoms with Gasteiger partial charge in [-0.2, -0.15) is 13.2 Å². The Balaban J connectivity index is 1.76. The van der Waals surface area contributed by atoms with E-state index >= 15 is 0 Å². The zero-order valence-electron chi connectivity index (χ0n) is 11.6. The number of hydrogen-bond donors (Lipinski definition) is 1. The molecule has 0 radical (unpaired) electrons. The van der Waals surface area contributed by atoms with Crippen LogP contribution < -0.4 is 0 Å². The quantitative estimate of drug-likeness (QED) is 0.860. The van der Waals surface area contributed by atoms with Gasteiger partial charge in [-0.25, -0.2) is 4.39 Å². The summed E-state index contributed by atoms with van der Waals surface area (Å²) in [7, 11) is 0. The van der Waals surface area contributed by atoms with Crippen molar-refractivity contribution in [2.75, 3.05) is 19.6 Å². The number of piperidine rings is 1. The molecule has 6 heteroatoms. The summed E-state index contributed by atoms with van der Waals surface area (Å²) < 4.78 is 50.4. The normalized spacial score (nSPS) is 19.7. The Morgan fingerprint density at radius 2 is 1.71 bits per heavy atom. The summed E-state index contributed by atoms with van der Waals surface area (Å²) in [6, 6.07) is 5.62. The van der Waals surface area contributed by atoms with E-state index in [2.05, 4.69) is 0 Å². The van der Waals surface area contributed by atoms with Gasteiger partial charge in [0.25, 0.3) is 0 Å². The highest BCUT2D eigenvalue weighted by Crippen LogP contribution is 2.34. The lowest BCUT2D eigenvalue weighted by molar-refractivity contribution is -0.185. The average molecular weight is 305 g/mol. The molecule has 2 rings (SSSR count). The highest BCUT2D eigenvalue weighted by Gasteiger charge is 2.40. The van der Waals surface area contributed by atoms with Crippen LogP contribution in [-0.2, 0) is 0 Å². The Hall–Kier alpha value is -1.14. The predicted molar refractivity (Wildman–Crippen MR) is 71.2 cm³/mol. The molecule has 1 aliphatic rings. The van der Waals surface area contributed by atoms with Crippen LogP contribution in [0.15, 0.2) is 24.3 Å². The second-order valence-corrected chi connectivity index (χ2v) is 5.51. The Morgan fingerprint density at radius 3 is 2.24 bits per heavy atom. The van der Waals surface area contributed by atoms with Gasteiger partial charge in [0.2, 0.25) is 0 Å². The molecule has 1 unspecified atom stereocenters. The second kappa shape index (κ2) is 6.75. The molecule has 2 nitrogen and oxygen atoms in total. The fourth-order valence-electron chi connectivity index (χ4n) is 2.64. The number of likely N-dealkylation sites (tertiary alicyclic amines) is 1. The zero-order chi connectivity index (χ0) is 15.5. The van der Waals surface area contributed by atoms with Gasteiger partial charge in [-0.3, -0.25) is 0 Å². The number of benzene rings is 1. The molecule has 1 aliphatic heterocycles. The third kappa shape index (κ3) is 4.68. The van der Waals surface area contributed by atoms with Gasteiger partial charge in [-0.05, 0) is 50.0 Å². The topological polar surface area (TPSA) is 23.5 Å². The largest absolute Gasteiger partial charge is 0.391 e. The van der Waals surface area contributed by atoms with E-state index in [1.54, 1.807) is 0 Å². The van der Waals surface area contributed by atoms with Crippen molar-refractivity contribution in [3.8, 4) is 0 Å². The van der Waals surface area contributed by atoms with Crippen molar-refractivity contribution in [2.24, 2.45) is 5.92 Å². The van der Waals surface area contributed by atoms with E-state index in [1.807, 2.05) is 4.90 Å². The van der Waals surface area contributed by atoms with Crippen LogP contribution in [0.5, 0.6) is 0 Å². The minimum Gasteiger partial charge on any atom is -0.388 e. The van der Waals surface area contributed by atoms with E-state index in [0.717, 1.165) is 0 Å². The van der Waals surface area contributed by atoms with E-state index in [1.165, 1.54) is 24.3 Å². The van der Waals surface area contributed by atoms with Crippen LogP contribution in [0.25, 0.3) is 0 Å². The van der Waals surface area contributed by atoms with Gasteiger partial charge >= 0.3 is 6.18 Å². The van der Waals surface area contributed by atoms with Gasteiger partial charge in [0, 0.05) is 6.54 Å². The summed E-state index contributed by atoms with van der Waals surface area (Å²) in [4.78, 5) is 1.94. The van der Waals surface area contributed by atoms with Gasteiger partial charge in [-0.1, -0.05) is 12.1 Å². The summed E-state index contributed by atoms with van der Waals surface area (Å²) in [5.74, 6) is -1.56. The molecular weight excluding hydrogens is 286 g/mol. The molecule has 1 fully saturated rings. The minimum atomic E-state index is -4.10. The molecule has 0 spiro atoms. The first-order valence-electron chi connectivity index (χ1n) is 7.09. The highest BCUT2D eigenvalue weighted by molar-refractivity contribution is 5.18. The molecule has 1 heterocycles. The summed E-state index contributed by atoms with van der Waals surface area (Å²) in [5.41, 5.74) is 0.626. The monoisotopic (exact) mass is 305 g/mol. The van der Waals surface area contributed by atoms with Gasteiger partial charge in [-0.15, -0.1) is 0 Å².